The van der Waals surface area contributed by atoms with Crippen LogP contribution in [0.2, 0.25) is 0 Å². The van der Waals surface area contributed by atoms with E-state index in [4.69, 9.17) is 6.57 Å². The van der Waals surface area contributed by atoms with Gasteiger partial charge in [0.15, 0.2) is 0 Å². The molecule has 6 nitrogen and oxygen atoms in total. The summed E-state index contributed by atoms with van der Waals surface area (Å²) in [6.45, 7) is 8.04. The summed E-state index contributed by atoms with van der Waals surface area (Å²) in [5, 5.41) is 10.3. The topological polar surface area (TPSA) is 68.8 Å². The molecular formula is C42H28N4O2. The van der Waals surface area contributed by atoms with E-state index in [1.807, 2.05) is 138 Å². The van der Waals surface area contributed by atoms with Crippen molar-refractivity contribution in [3.05, 3.63) is 191 Å². The predicted octanol–water partition coefficient (Wildman–Crippen LogP) is 10.6. The average molecular weight is 621 g/mol. The van der Waals surface area contributed by atoms with Gasteiger partial charge in [0.05, 0.1) is 18.2 Å². The fourth-order valence-electron chi connectivity index (χ4n) is 5.52. The van der Waals surface area contributed by atoms with Crippen molar-refractivity contribution in [3.63, 3.8) is 0 Å². The summed E-state index contributed by atoms with van der Waals surface area (Å²) in [5.74, 6) is 0. The Hall–Kier alpha value is -7.02. The summed E-state index contributed by atoms with van der Waals surface area (Å²) in [6.07, 6.45) is 1.59. The summed E-state index contributed by atoms with van der Waals surface area (Å²) in [6, 6.07) is 51.9. The number of hydrogen-bond acceptors (Lipinski definition) is 5. The van der Waals surface area contributed by atoms with Crippen molar-refractivity contribution >= 4 is 58.0 Å². The highest BCUT2D eigenvalue weighted by Gasteiger charge is 2.17. The van der Waals surface area contributed by atoms with Gasteiger partial charge >= 0.3 is 0 Å². The third-order valence-corrected chi connectivity index (χ3v) is 7.88. The molecule has 0 aromatic heterocycles. The number of rotatable bonds is 10. The molecule has 6 aromatic rings. The van der Waals surface area contributed by atoms with E-state index in [1.165, 1.54) is 0 Å². The zero-order chi connectivity index (χ0) is 33.3. The van der Waals surface area contributed by atoms with Gasteiger partial charge in [-0.1, -0.05) is 60.7 Å². The molecule has 0 aliphatic carbocycles. The number of aldehydes is 2. The minimum Gasteiger partial charge on any atom is -0.311 e. The molecule has 228 valence electrons. The van der Waals surface area contributed by atoms with Crippen molar-refractivity contribution < 1.29 is 9.59 Å². The first kappa shape index (κ1) is 31.0. The average Bonchev–Trinajstić information content (AvgIpc) is 3.16. The van der Waals surface area contributed by atoms with E-state index in [0.717, 1.165) is 46.7 Å². The van der Waals surface area contributed by atoms with E-state index in [2.05, 4.69) is 15.8 Å². The Balaban J connectivity index is 1.35. The van der Waals surface area contributed by atoms with Crippen molar-refractivity contribution in [3.8, 4) is 6.07 Å². The zero-order valence-electron chi connectivity index (χ0n) is 25.8. The molecule has 0 spiro atoms. The normalized spacial score (nSPS) is 11.0. The molecule has 0 fully saturated rings. The van der Waals surface area contributed by atoms with E-state index in [-0.39, 0.29) is 11.3 Å². The summed E-state index contributed by atoms with van der Waals surface area (Å²) >= 11 is 0. The van der Waals surface area contributed by atoms with Crippen LogP contribution in [-0.4, -0.2) is 12.6 Å². The Bertz CT molecular complexity index is 2050. The number of carbonyl (C=O) groups is 2. The molecule has 0 unspecified atom stereocenters. The maximum atomic E-state index is 11.3. The summed E-state index contributed by atoms with van der Waals surface area (Å²) in [4.78, 5) is 30.5. The molecule has 0 amide bonds. The number of nitrogens with zero attached hydrogens (tertiary/aromatic N) is 4. The monoisotopic (exact) mass is 620 g/mol. The maximum Gasteiger partial charge on any atom is 0.212 e. The van der Waals surface area contributed by atoms with Gasteiger partial charge in [-0.15, -0.1) is 0 Å². The second-order valence-electron chi connectivity index (χ2n) is 10.8. The van der Waals surface area contributed by atoms with Crippen LogP contribution in [0.5, 0.6) is 0 Å². The van der Waals surface area contributed by atoms with Gasteiger partial charge in [0.1, 0.15) is 12.6 Å². The summed E-state index contributed by atoms with van der Waals surface area (Å²) in [7, 11) is 0. The Kier molecular flexibility index (Phi) is 9.29. The van der Waals surface area contributed by atoms with Crippen LogP contribution in [0.4, 0.5) is 34.1 Å². The van der Waals surface area contributed by atoms with Crippen LogP contribution < -0.4 is 9.80 Å². The molecule has 0 bridgehead atoms. The van der Waals surface area contributed by atoms with Crippen LogP contribution in [-0.2, 0) is 0 Å². The lowest BCUT2D eigenvalue weighted by Gasteiger charge is -2.26. The molecule has 0 heterocycles. The van der Waals surface area contributed by atoms with Gasteiger partial charge in [-0.2, -0.15) is 5.26 Å². The highest BCUT2D eigenvalue weighted by molar-refractivity contribution is 6.00. The number of benzene rings is 6. The Morgan fingerprint density at radius 1 is 0.500 bits per heavy atom. The zero-order valence-corrected chi connectivity index (χ0v) is 25.8. The second kappa shape index (κ2) is 14.4. The number of carbonyl (C=O) groups excluding carboxylic acids is 2. The molecule has 6 heteroatoms. The van der Waals surface area contributed by atoms with Crippen LogP contribution >= 0.6 is 0 Å². The number of allylic oxidation sites excluding steroid dienone is 1. The van der Waals surface area contributed by atoms with Crippen molar-refractivity contribution in [1.82, 2.24) is 0 Å². The van der Waals surface area contributed by atoms with Crippen LogP contribution in [0.15, 0.2) is 158 Å². The first-order valence-corrected chi connectivity index (χ1v) is 15.2. The first-order valence-electron chi connectivity index (χ1n) is 15.2. The van der Waals surface area contributed by atoms with Gasteiger partial charge in [0.2, 0.25) is 5.70 Å². The van der Waals surface area contributed by atoms with Crippen molar-refractivity contribution in [2.24, 2.45) is 0 Å². The minimum atomic E-state index is 0.247. The molecule has 0 aliphatic heterocycles. The molecule has 0 aliphatic rings. The van der Waals surface area contributed by atoms with Gasteiger partial charge in [-0.05, 0) is 108 Å². The third-order valence-electron chi connectivity index (χ3n) is 7.88. The number of hydrogen-bond donors (Lipinski definition) is 0. The maximum absolute atomic E-state index is 11.3. The lowest BCUT2D eigenvalue weighted by Crippen LogP contribution is -2.10. The van der Waals surface area contributed by atoms with Crippen LogP contribution in [0.3, 0.4) is 0 Å². The van der Waals surface area contributed by atoms with Crippen molar-refractivity contribution in [2.75, 3.05) is 9.80 Å². The van der Waals surface area contributed by atoms with E-state index >= 15 is 0 Å². The quantitative estimate of drug-likeness (QED) is 0.0660. The van der Waals surface area contributed by atoms with E-state index in [1.54, 1.807) is 24.3 Å². The summed E-state index contributed by atoms with van der Waals surface area (Å²) < 4.78 is 0. The third kappa shape index (κ3) is 6.50. The van der Waals surface area contributed by atoms with E-state index in [0.29, 0.717) is 22.3 Å². The van der Waals surface area contributed by atoms with Gasteiger partial charge in [0.25, 0.3) is 0 Å². The van der Waals surface area contributed by atoms with Crippen LogP contribution in [0, 0.1) is 17.9 Å². The largest absolute Gasteiger partial charge is 0.311 e. The van der Waals surface area contributed by atoms with Gasteiger partial charge < -0.3 is 9.80 Å². The van der Waals surface area contributed by atoms with Gasteiger partial charge in [0, 0.05) is 45.3 Å². The molecule has 0 saturated heterocycles. The van der Waals surface area contributed by atoms with Crippen molar-refractivity contribution in [1.29, 1.82) is 5.26 Å². The Morgan fingerprint density at radius 2 is 0.833 bits per heavy atom. The second-order valence-corrected chi connectivity index (χ2v) is 10.8. The molecule has 0 N–H and O–H groups in total. The lowest BCUT2D eigenvalue weighted by molar-refractivity contribution is 0.111. The Labute approximate surface area is 279 Å². The fraction of sp³-hybridized carbons (Fsp3) is 0. The molecular weight excluding hydrogens is 592 g/mol. The van der Waals surface area contributed by atoms with E-state index < -0.39 is 0 Å². The number of para-hydroxylation sites is 2. The van der Waals surface area contributed by atoms with Crippen LogP contribution in [0.25, 0.3) is 16.1 Å². The molecule has 0 radical (unpaired) electrons. The lowest BCUT2D eigenvalue weighted by atomic mass is 9.99. The van der Waals surface area contributed by atoms with Gasteiger partial charge in [-0.25, -0.2) is 4.85 Å². The molecule has 0 atom stereocenters. The van der Waals surface area contributed by atoms with Crippen molar-refractivity contribution in [2.45, 2.75) is 0 Å². The smallest absolute Gasteiger partial charge is 0.212 e. The molecule has 48 heavy (non-hydrogen) atoms. The highest BCUT2D eigenvalue weighted by atomic mass is 16.1. The number of nitriles is 1. The predicted molar refractivity (Wildman–Crippen MR) is 192 cm³/mol. The SMILES string of the molecule is [C-]#[N+]/C(=C(/C#N)c1ccc(N(c2ccccc2)c2ccccc2)cc1)c1ccc(N(c2ccc(C=O)cc2)c2ccc(C=O)cc2)cc1. The highest BCUT2D eigenvalue weighted by Crippen LogP contribution is 2.38. The standard InChI is InChI=1S/C42H28N4O2/c1-44-42(41(28-43)33-16-24-39(25-17-33)45(35-8-4-2-5-9-35)36-10-6-3-7-11-36)34-18-26-40(27-19-34)46(37-20-12-31(29-47)13-21-37)38-22-14-32(30-48)15-23-38/h2-27,29-30H/b42-41-. The van der Waals surface area contributed by atoms with E-state index in [9.17, 15) is 14.9 Å². The molecule has 6 rings (SSSR count). The fourth-order valence-corrected chi connectivity index (χ4v) is 5.52. The number of anilines is 6. The minimum absolute atomic E-state index is 0.247. The molecule has 0 saturated carbocycles. The van der Waals surface area contributed by atoms with Crippen LogP contribution in [0.1, 0.15) is 31.8 Å². The summed E-state index contributed by atoms with van der Waals surface area (Å²) in [5.41, 5.74) is 8.24. The molecule has 6 aromatic carbocycles. The first-order chi connectivity index (χ1) is 23.6. The Morgan fingerprint density at radius 3 is 1.17 bits per heavy atom. The van der Waals surface area contributed by atoms with Gasteiger partial charge in [-0.3, -0.25) is 9.59 Å².